The number of nitrogens with one attached hydrogen (secondary N) is 1. The number of hydrogen-bond acceptors (Lipinski definition) is 2. The Bertz CT molecular complexity index is 1260. The van der Waals surface area contributed by atoms with Crippen LogP contribution in [0.5, 0.6) is 0 Å². The lowest BCUT2D eigenvalue weighted by molar-refractivity contribution is 0.670. The summed E-state index contributed by atoms with van der Waals surface area (Å²) in [6.45, 7) is 0. The minimum absolute atomic E-state index is 0.484. The molecule has 0 unspecified atom stereocenters. The Morgan fingerprint density at radius 1 is 0.654 bits per heavy atom. The van der Waals surface area contributed by atoms with Gasteiger partial charge in [0.1, 0.15) is 5.58 Å². The van der Waals surface area contributed by atoms with Gasteiger partial charge in [0, 0.05) is 22.0 Å². The first-order valence-corrected chi connectivity index (χ1v) is 8.63. The van der Waals surface area contributed by atoms with Gasteiger partial charge in [-0.1, -0.05) is 78.8 Å². The highest BCUT2D eigenvalue weighted by molar-refractivity contribution is 6.09. The van der Waals surface area contributed by atoms with E-state index in [9.17, 15) is 0 Å². The van der Waals surface area contributed by atoms with Crippen molar-refractivity contribution in [2.24, 2.45) is 0 Å². The zero-order valence-electron chi connectivity index (χ0n) is 15.1. The molecule has 0 saturated heterocycles. The molecule has 1 heterocycles. The quantitative estimate of drug-likeness (QED) is 0.384. The maximum atomic E-state index is 7.89. The molecule has 0 bridgehead atoms. The van der Waals surface area contributed by atoms with Gasteiger partial charge in [0.05, 0.1) is 7.06 Å². The molecule has 4 aromatic carbocycles. The molecule has 1 aromatic heterocycles. The predicted octanol–water partition coefficient (Wildman–Crippen LogP) is 7.00. The van der Waals surface area contributed by atoms with E-state index in [1.165, 1.54) is 0 Å². The molecule has 0 aliphatic heterocycles. The van der Waals surface area contributed by atoms with Crippen molar-refractivity contribution >= 4 is 33.3 Å². The van der Waals surface area contributed by atoms with E-state index in [4.69, 9.17) is 5.79 Å². The Balaban J connectivity index is 1.65. The molecule has 0 spiro atoms. The van der Waals surface area contributed by atoms with E-state index < -0.39 is 0 Å². The summed E-state index contributed by atoms with van der Waals surface area (Å²) >= 11 is 0. The van der Waals surface area contributed by atoms with Crippen molar-refractivity contribution in [1.29, 1.82) is 0 Å². The van der Waals surface area contributed by atoms with E-state index in [1.54, 1.807) is 6.07 Å². The molecule has 2 nitrogen and oxygen atoms in total. The first-order chi connectivity index (χ1) is 13.3. The predicted molar refractivity (Wildman–Crippen MR) is 109 cm³/mol. The van der Waals surface area contributed by atoms with Crippen LogP contribution in [0.2, 0.25) is 0 Å². The Morgan fingerprint density at radius 3 is 2.38 bits per heavy atom. The van der Waals surface area contributed by atoms with Crippen LogP contribution in [0.1, 0.15) is 1.37 Å². The van der Waals surface area contributed by atoms with Crippen LogP contribution >= 0.6 is 0 Å². The first kappa shape index (κ1) is 13.7. The molecule has 0 fully saturated rings. The molecule has 0 aliphatic rings. The summed E-state index contributed by atoms with van der Waals surface area (Å²) < 4.78 is 14.0. The fraction of sp³-hybridized carbons (Fsp3) is 0. The van der Waals surface area contributed by atoms with Gasteiger partial charge >= 0.3 is 0 Å². The zero-order valence-corrected chi connectivity index (χ0v) is 14.1. The molecule has 0 atom stereocenters. The van der Waals surface area contributed by atoms with E-state index in [2.05, 4.69) is 29.6 Å². The van der Waals surface area contributed by atoms with Crippen LogP contribution in [0, 0.1) is 0 Å². The minimum Gasteiger partial charge on any atom is -0.454 e. The van der Waals surface area contributed by atoms with E-state index in [0.717, 1.165) is 44.4 Å². The van der Waals surface area contributed by atoms with E-state index in [-0.39, 0.29) is 0 Å². The lowest BCUT2D eigenvalue weighted by Crippen LogP contribution is -1.93. The Kier molecular flexibility index (Phi) is 3.21. The molecule has 5 rings (SSSR count). The van der Waals surface area contributed by atoms with Gasteiger partial charge in [-0.15, -0.1) is 0 Å². The number of fused-ring (bicyclic) bond motifs is 3. The van der Waals surface area contributed by atoms with Crippen LogP contribution in [-0.2, 0) is 0 Å². The third-order valence-electron chi connectivity index (χ3n) is 4.62. The molecule has 1 N–H and O–H groups in total. The molecule has 124 valence electrons. The molecular weight excluding hydrogens is 318 g/mol. The number of benzene rings is 4. The third-order valence-corrected chi connectivity index (χ3v) is 4.62. The lowest BCUT2D eigenvalue weighted by Gasteiger charge is -2.12. The molecule has 26 heavy (non-hydrogen) atoms. The topological polar surface area (TPSA) is 25.2 Å². The molecule has 5 aromatic rings. The molecule has 0 saturated carbocycles. The number of para-hydroxylation sites is 3. The summed E-state index contributed by atoms with van der Waals surface area (Å²) in [6, 6.07) is 30.6. The van der Waals surface area contributed by atoms with Crippen LogP contribution in [0.4, 0.5) is 11.4 Å². The van der Waals surface area contributed by atoms with Crippen LogP contribution in [-0.4, -0.2) is 0 Å². The SMILES string of the molecule is [2H]c1ccc2oc3c(Nc4ccccc4-c4ccccc4)cccc3c2c1. The highest BCUT2D eigenvalue weighted by Gasteiger charge is 2.12. The van der Waals surface area contributed by atoms with Crippen molar-refractivity contribution in [3.63, 3.8) is 0 Å². The molecule has 0 aliphatic carbocycles. The first-order valence-electron chi connectivity index (χ1n) is 9.13. The van der Waals surface area contributed by atoms with E-state index >= 15 is 0 Å². The summed E-state index contributed by atoms with van der Waals surface area (Å²) in [5.41, 5.74) is 5.85. The normalized spacial score (nSPS) is 11.6. The van der Waals surface area contributed by atoms with E-state index in [1.807, 2.05) is 60.7 Å². The summed E-state index contributed by atoms with van der Waals surface area (Å²) in [5, 5.41) is 5.53. The molecule has 0 amide bonds. The standard InChI is InChI=1S/C24H17NO/c1-2-9-17(10-3-1)18-11-4-6-14-21(18)25-22-15-8-13-20-19-12-5-7-16-23(19)26-24(20)22/h1-16,25H/i5D. The summed E-state index contributed by atoms with van der Waals surface area (Å²) in [7, 11) is 0. The summed E-state index contributed by atoms with van der Waals surface area (Å²) in [5.74, 6) is 0. The van der Waals surface area contributed by atoms with Gasteiger partial charge in [0.2, 0.25) is 0 Å². The summed E-state index contributed by atoms with van der Waals surface area (Å²) in [4.78, 5) is 0. The average molecular weight is 336 g/mol. The molecule has 0 radical (unpaired) electrons. The van der Waals surface area contributed by atoms with Crippen molar-refractivity contribution in [2.45, 2.75) is 0 Å². The number of anilines is 2. The van der Waals surface area contributed by atoms with Gasteiger partial charge in [0.25, 0.3) is 0 Å². The number of rotatable bonds is 3. The molecular formula is C24H17NO. The van der Waals surface area contributed by atoms with Crippen molar-refractivity contribution in [3.8, 4) is 11.1 Å². The van der Waals surface area contributed by atoms with Gasteiger partial charge in [-0.3, -0.25) is 0 Å². The maximum Gasteiger partial charge on any atom is 0.158 e. The fourth-order valence-electron chi connectivity index (χ4n) is 3.39. The number of hydrogen-bond donors (Lipinski definition) is 1. The van der Waals surface area contributed by atoms with Gasteiger partial charge in [-0.25, -0.2) is 0 Å². The lowest BCUT2D eigenvalue weighted by atomic mass is 10.0. The van der Waals surface area contributed by atoms with Gasteiger partial charge < -0.3 is 9.73 Å². The van der Waals surface area contributed by atoms with Crippen molar-refractivity contribution in [2.75, 3.05) is 5.32 Å². The Labute approximate surface area is 153 Å². The third kappa shape index (κ3) is 2.44. The Morgan fingerprint density at radius 2 is 1.46 bits per heavy atom. The van der Waals surface area contributed by atoms with E-state index in [0.29, 0.717) is 6.04 Å². The van der Waals surface area contributed by atoms with Gasteiger partial charge in [-0.05, 0) is 23.8 Å². The maximum absolute atomic E-state index is 7.89. The van der Waals surface area contributed by atoms with Crippen molar-refractivity contribution < 1.29 is 5.79 Å². The van der Waals surface area contributed by atoms with Gasteiger partial charge in [0.15, 0.2) is 5.58 Å². The highest BCUT2D eigenvalue weighted by atomic mass is 16.3. The molecule has 2 heteroatoms. The van der Waals surface area contributed by atoms with Crippen molar-refractivity contribution in [3.05, 3.63) is 97.0 Å². The second-order valence-electron chi connectivity index (χ2n) is 6.24. The van der Waals surface area contributed by atoms with Crippen LogP contribution < -0.4 is 5.32 Å². The Hall–Kier alpha value is -3.52. The van der Waals surface area contributed by atoms with Crippen molar-refractivity contribution in [1.82, 2.24) is 0 Å². The van der Waals surface area contributed by atoms with Crippen LogP contribution in [0.3, 0.4) is 0 Å². The smallest absolute Gasteiger partial charge is 0.158 e. The monoisotopic (exact) mass is 336 g/mol. The van der Waals surface area contributed by atoms with Gasteiger partial charge in [-0.2, -0.15) is 0 Å². The minimum atomic E-state index is 0.484. The second kappa shape index (κ2) is 6.08. The number of furan rings is 1. The second-order valence-corrected chi connectivity index (χ2v) is 6.24. The largest absolute Gasteiger partial charge is 0.454 e. The van der Waals surface area contributed by atoms with Crippen LogP contribution in [0.25, 0.3) is 33.1 Å². The average Bonchev–Trinajstić information content (AvgIpc) is 3.08. The highest BCUT2D eigenvalue weighted by Crippen LogP contribution is 2.36. The van der Waals surface area contributed by atoms with Crippen LogP contribution in [0.15, 0.2) is 101 Å². The summed E-state index contributed by atoms with van der Waals surface area (Å²) in [6.07, 6.45) is 0. The fourth-order valence-corrected chi connectivity index (χ4v) is 3.39. The zero-order chi connectivity index (χ0) is 18.2.